The van der Waals surface area contributed by atoms with Gasteiger partial charge >= 0.3 is 0 Å². The molecule has 2 atom stereocenters. The van der Waals surface area contributed by atoms with Crippen LogP contribution >= 0.6 is 0 Å². The molecule has 3 heteroatoms. The molecule has 0 aromatic heterocycles. The molecule has 3 nitrogen and oxygen atoms in total. The molecule has 2 rings (SSSR count). The van der Waals surface area contributed by atoms with Gasteiger partial charge in [-0.2, -0.15) is 0 Å². The second-order valence-electron chi connectivity index (χ2n) is 4.54. The molecule has 0 aliphatic carbocycles. The molecule has 94 valence electrons. The van der Waals surface area contributed by atoms with Gasteiger partial charge in [-0.25, -0.2) is 0 Å². The summed E-state index contributed by atoms with van der Waals surface area (Å²) in [5, 5.41) is 0. The van der Waals surface area contributed by atoms with Crippen LogP contribution in [0.3, 0.4) is 0 Å². The largest absolute Gasteiger partial charge is 0.493 e. The normalized spacial score (nSPS) is 22.5. The lowest BCUT2D eigenvalue weighted by Crippen LogP contribution is -2.02. The molecule has 1 aliphatic heterocycles. The van der Waals surface area contributed by atoms with E-state index in [1.165, 1.54) is 11.1 Å². The predicted octanol–water partition coefficient (Wildman–Crippen LogP) is 2.87. The van der Waals surface area contributed by atoms with Crippen LogP contribution in [-0.2, 0) is 9.47 Å². The fourth-order valence-electron chi connectivity index (χ4n) is 1.95. The van der Waals surface area contributed by atoms with E-state index in [0.29, 0.717) is 12.7 Å². The first-order valence-electron chi connectivity index (χ1n) is 6.09. The van der Waals surface area contributed by atoms with E-state index in [0.717, 1.165) is 18.8 Å². The van der Waals surface area contributed by atoms with Gasteiger partial charge in [-0.3, -0.25) is 0 Å². The number of ether oxygens (including phenoxy) is 3. The van der Waals surface area contributed by atoms with Gasteiger partial charge in [0.05, 0.1) is 12.7 Å². The molecular formula is C14H20O3. The molecule has 0 N–H and O–H groups in total. The first-order chi connectivity index (χ1) is 8.20. The van der Waals surface area contributed by atoms with Crippen LogP contribution < -0.4 is 4.74 Å². The van der Waals surface area contributed by atoms with Gasteiger partial charge in [-0.15, -0.1) is 0 Å². The van der Waals surface area contributed by atoms with Crippen molar-refractivity contribution >= 4 is 0 Å². The molecular weight excluding hydrogens is 216 g/mol. The lowest BCUT2D eigenvalue weighted by atomic mass is 10.1. The van der Waals surface area contributed by atoms with Gasteiger partial charge < -0.3 is 14.2 Å². The van der Waals surface area contributed by atoms with Crippen LogP contribution in [0.15, 0.2) is 18.2 Å². The van der Waals surface area contributed by atoms with Crippen LogP contribution in [0.1, 0.15) is 30.6 Å². The van der Waals surface area contributed by atoms with Gasteiger partial charge in [0, 0.05) is 20.1 Å². The Hall–Kier alpha value is -1.06. The van der Waals surface area contributed by atoms with E-state index >= 15 is 0 Å². The zero-order chi connectivity index (χ0) is 12.3. The summed E-state index contributed by atoms with van der Waals surface area (Å²) in [5.74, 6) is 0.929. The molecule has 0 amide bonds. The minimum absolute atomic E-state index is 0.260. The van der Waals surface area contributed by atoms with E-state index in [-0.39, 0.29) is 6.10 Å². The Morgan fingerprint density at radius 2 is 2.00 bits per heavy atom. The summed E-state index contributed by atoms with van der Waals surface area (Å²) in [7, 11) is 1.70. The van der Waals surface area contributed by atoms with E-state index in [9.17, 15) is 0 Å². The maximum absolute atomic E-state index is 5.71. The molecule has 1 fully saturated rings. The van der Waals surface area contributed by atoms with E-state index < -0.39 is 0 Å². The smallest absolute Gasteiger partial charge is 0.119 e. The van der Waals surface area contributed by atoms with Crippen molar-refractivity contribution in [2.45, 2.75) is 32.5 Å². The summed E-state index contributed by atoms with van der Waals surface area (Å²) in [6, 6.07) is 6.30. The minimum Gasteiger partial charge on any atom is -0.493 e. The number of rotatable bonds is 6. The average Bonchev–Trinajstić information content (AvgIpc) is 3.01. The van der Waals surface area contributed by atoms with Crippen molar-refractivity contribution in [1.29, 1.82) is 0 Å². The first-order valence-corrected chi connectivity index (χ1v) is 6.09. The third-order valence-electron chi connectivity index (χ3n) is 2.87. The minimum atomic E-state index is 0.260. The molecule has 0 radical (unpaired) electrons. The molecule has 0 bridgehead atoms. The van der Waals surface area contributed by atoms with Gasteiger partial charge in [0.25, 0.3) is 0 Å². The number of hydrogen-bond donors (Lipinski definition) is 0. The molecule has 17 heavy (non-hydrogen) atoms. The molecule has 1 aromatic carbocycles. The van der Waals surface area contributed by atoms with Crippen LogP contribution in [0.25, 0.3) is 0 Å². The summed E-state index contributed by atoms with van der Waals surface area (Å²) >= 11 is 0. The van der Waals surface area contributed by atoms with Gasteiger partial charge in [0.15, 0.2) is 0 Å². The Balaban J connectivity index is 1.94. The van der Waals surface area contributed by atoms with Crippen LogP contribution in [0.4, 0.5) is 0 Å². The predicted molar refractivity (Wildman–Crippen MR) is 66.5 cm³/mol. The molecule has 0 spiro atoms. The average molecular weight is 236 g/mol. The Labute approximate surface area is 103 Å². The van der Waals surface area contributed by atoms with Crippen molar-refractivity contribution < 1.29 is 14.2 Å². The summed E-state index contributed by atoms with van der Waals surface area (Å²) in [5.41, 5.74) is 2.44. The molecule has 1 aromatic rings. The van der Waals surface area contributed by atoms with Crippen molar-refractivity contribution in [2.24, 2.45) is 0 Å². The first kappa shape index (κ1) is 12.4. The third-order valence-corrected chi connectivity index (χ3v) is 2.87. The summed E-state index contributed by atoms with van der Waals surface area (Å²) in [6.07, 6.45) is 1.52. The fraction of sp³-hybridized carbons (Fsp3) is 0.571. The number of methoxy groups -OCH3 is 1. The van der Waals surface area contributed by atoms with Gasteiger partial charge in [0.1, 0.15) is 11.9 Å². The summed E-state index contributed by atoms with van der Waals surface area (Å²) in [6.45, 7) is 5.60. The summed E-state index contributed by atoms with van der Waals surface area (Å²) < 4.78 is 16.2. The Bertz CT molecular complexity index is 376. The van der Waals surface area contributed by atoms with Crippen LogP contribution in [0, 0.1) is 6.92 Å². The van der Waals surface area contributed by atoms with Gasteiger partial charge in [0.2, 0.25) is 0 Å². The highest BCUT2D eigenvalue weighted by atomic mass is 16.6. The number of hydrogen-bond acceptors (Lipinski definition) is 3. The zero-order valence-corrected chi connectivity index (χ0v) is 10.7. The highest BCUT2D eigenvalue weighted by Crippen LogP contribution is 2.39. The lowest BCUT2D eigenvalue weighted by molar-refractivity contribution is 0.172. The lowest BCUT2D eigenvalue weighted by Gasteiger charge is -2.08. The second-order valence-corrected chi connectivity index (χ2v) is 4.54. The van der Waals surface area contributed by atoms with Crippen LogP contribution in [0.5, 0.6) is 5.75 Å². The molecule has 1 heterocycles. The van der Waals surface area contributed by atoms with Gasteiger partial charge in [-0.1, -0.05) is 6.07 Å². The van der Waals surface area contributed by atoms with Crippen molar-refractivity contribution in [3.63, 3.8) is 0 Å². The molecule has 0 saturated carbocycles. The second kappa shape index (κ2) is 5.52. The van der Waals surface area contributed by atoms with E-state index in [1.807, 2.05) is 0 Å². The zero-order valence-electron chi connectivity index (χ0n) is 10.7. The number of aryl methyl sites for hydroxylation is 1. The van der Waals surface area contributed by atoms with Crippen molar-refractivity contribution in [3.8, 4) is 5.75 Å². The SMILES string of the molecule is COCCCOc1cc(C)cc(C2OC2C)c1. The van der Waals surface area contributed by atoms with Gasteiger partial charge in [-0.05, 0) is 37.1 Å². The van der Waals surface area contributed by atoms with E-state index in [2.05, 4.69) is 32.0 Å². The van der Waals surface area contributed by atoms with Crippen molar-refractivity contribution in [2.75, 3.05) is 20.3 Å². The highest BCUT2D eigenvalue weighted by molar-refractivity contribution is 5.36. The Morgan fingerprint density at radius 1 is 1.24 bits per heavy atom. The fourth-order valence-corrected chi connectivity index (χ4v) is 1.95. The molecule has 1 saturated heterocycles. The van der Waals surface area contributed by atoms with E-state index in [4.69, 9.17) is 14.2 Å². The summed E-state index contributed by atoms with van der Waals surface area (Å²) in [4.78, 5) is 0. The topological polar surface area (TPSA) is 31.0 Å². The molecule has 2 unspecified atom stereocenters. The maximum atomic E-state index is 5.71. The maximum Gasteiger partial charge on any atom is 0.119 e. The molecule has 1 aliphatic rings. The Morgan fingerprint density at radius 3 is 2.65 bits per heavy atom. The number of epoxide rings is 1. The standard InChI is InChI=1S/C14H20O3/c1-10-7-12(14-11(2)17-14)9-13(8-10)16-6-4-5-15-3/h7-9,11,14H,4-6H2,1-3H3. The van der Waals surface area contributed by atoms with Crippen LogP contribution in [0.2, 0.25) is 0 Å². The highest BCUT2D eigenvalue weighted by Gasteiger charge is 2.35. The monoisotopic (exact) mass is 236 g/mol. The quantitative estimate of drug-likeness (QED) is 0.562. The Kier molecular flexibility index (Phi) is 4.02. The number of benzene rings is 1. The van der Waals surface area contributed by atoms with E-state index in [1.54, 1.807) is 7.11 Å². The van der Waals surface area contributed by atoms with Crippen LogP contribution in [-0.4, -0.2) is 26.4 Å². The third kappa shape index (κ3) is 3.45. The van der Waals surface area contributed by atoms with Crippen molar-refractivity contribution in [1.82, 2.24) is 0 Å². The van der Waals surface area contributed by atoms with Crippen molar-refractivity contribution in [3.05, 3.63) is 29.3 Å².